The Bertz CT molecular complexity index is 1530. The summed E-state index contributed by atoms with van der Waals surface area (Å²) in [5, 5.41) is 9.10. The van der Waals surface area contributed by atoms with E-state index in [4.69, 9.17) is 28.9 Å². The Labute approximate surface area is 229 Å². The number of hydrogen-bond donors (Lipinski definition) is 2. The van der Waals surface area contributed by atoms with E-state index >= 15 is 0 Å². The first-order valence-corrected chi connectivity index (χ1v) is 13.9. The number of halogens is 8. The fourth-order valence-corrected chi connectivity index (χ4v) is 5.33. The summed E-state index contributed by atoms with van der Waals surface area (Å²) >= 11 is 18.4. The fraction of sp³-hybridized carbons (Fsp3) is 0.263. The molecule has 0 saturated heterocycles. The summed E-state index contributed by atoms with van der Waals surface area (Å²) in [7, 11) is -3.60. The maximum atomic E-state index is 12.6. The van der Waals surface area contributed by atoms with Gasteiger partial charge < -0.3 is 5.73 Å². The normalized spacial score (nSPS) is 12.0. The van der Waals surface area contributed by atoms with E-state index in [1.807, 2.05) is 0 Å². The maximum Gasteiger partial charge on any atom is 0.257 e. The molecule has 196 valence electrons. The lowest BCUT2D eigenvalue weighted by Crippen LogP contribution is -2.12. The van der Waals surface area contributed by atoms with E-state index < -0.39 is 36.0 Å². The van der Waals surface area contributed by atoms with Crippen molar-refractivity contribution in [3.63, 3.8) is 0 Å². The predicted octanol–water partition coefficient (Wildman–Crippen LogP) is 6.39. The number of nitrogens with zero attached hydrogens (tertiary/aromatic N) is 4. The van der Waals surface area contributed by atoms with Crippen molar-refractivity contribution in [2.24, 2.45) is 0 Å². The third kappa shape index (κ3) is 6.54. The van der Waals surface area contributed by atoms with Crippen LogP contribution in [0.25, 0.3) is 21.8 Å². The zero-order valence-electron chi connectivity index (χ0n) is 18.0. The van der Waals surface area contributed by atoms with E-state index in [1.165, 1.54) is 6.07 Å². The lowest BCUT2D eigenvalue weighted by molar-refractivity contribution is 0.123. The minimum absolute atomic E-state index is 0.0746. The molecule has 0 unspecified atom stereocenters. The highest BCUT2D eigenvalue weighted by atomic mass is 79.9. The quantitative estimate of drug-likeness (QED) is 0.227. The van der Waals surface area contributed by atoms with Gasteiger partial charge in [0.15, 0.2) is 11.6 Å². The number of nitrogen functional groups attached to an aromatic ring is 1. The topological polar surface area (TPSA) is 108 Å². The average Bonchev–Trinajstić information content (AvgIpc) is 3.25. The number of nitrogens with one attached hydrogen (secondary N) is 1. The first kappa shape index (κ1) is 28.8. The molecule has 17 heteroatoms. The van der Waals surface area contributed by atoms with Crippen LogP contribution in [0.3, 0.4) is 0 Å². The zero-order valence-corrected chi connectivity index (χ0v) is 23.5. The Morgan fingerprint density at radius 1 is 0.917 bits per heavy atom. The van der Waals surface area contributed by atoms with Gasteiger partial charge >= 0.3 is 0 Å². The van der Waals surface area contributed by atoms with E-state index in [0.29, 0.717) is 30.4 Å². The first-order valence-electron chi connectivity index (χ1n) is 9.68. The lowest BCUT2D eigenvalue weighted by Gasteiger charge is -2.04. The van der Waals surface area contributed by atoms with Crippen LogP contribution in [-0.4, -0.2) is 47.1 Å². The second-order valence-corrected chi connectivity index (χ2v) is 11.5. The molecule has 0 atom stereocenters. The average molecular weight is 699 g/mol. The van der Waals surface area contributed by atoms with Gasteiger partial charge in [-0.2, -0.15) is 10.2 Å². The fourth-order valence-electron chi connectivity index (χ4n) is 3.28. The molecule has 4 rings (SSSR count). The summed E-state index contributed by atoms with van der Waals surface area (Å²) in [6.07, 6.45) is -4.18. The Balaban J connectivity index is 0.000000205. The molecule has 0 saturated carbocycles. The minimum Gasteiger partial charge on any atom is -0.382 e. The molecule has 0 amide bonds. The summed E-state index contributed by atoms with van der Waals surface area (Å²) in [4.78, 5) is 0. The third-order valence-electron chi connectivity index (χ3n) is 4.52. The van der Waals surface area contributed by atoms with Crippen LogP contribution in [0.15, 0.2) is 33.2 Å². The largest absolute Gasteiger partial charge is 0.382 e. The number of alkyl halides is 4. The van der Waals surface area contributed by atoms with Crippen LogP contribution in [0.1, 0.15) is 0 Å². The molecule has 0 spiro atoms. The van der Waals surface area contributed by atoms with Crippen molar-refractivity contribution in [3.8, 4) is 0 Å². The van der Waals surface area contributed by atoms with E-state index in [9.17, 15) is 26.0 Å². The van der Waals surface area contributed by atoms with Gasteiger partial charge in [-0.25, -0.2) is 26.0 Å². The SMILES string of the molecule is CS(=O)(=O)Nc1nn(CC(F)F)c2c(Br)ccc(Cl)c12.Nc1nn(CC(F)F)c2c(Br)ccc(Cl)c12. The Morgan fingerprint density at radius 2 is 1.36 bits per heavy atom. The van der Waals surface area contributed by atoms with Crippen LogP contribution in [-0.2, 0) is 23.1 Å². The van der Waals surface area contributed by atoms with Crippen molar-refractivity contribution in [1.29, 1.82) is 0 Å². The molecule has 0 aliphatic heterocycles. The highest BCUT2D eigenvalue weighted by Crippen LogP contribution is 2.36. The van der Waals surface area contributed by atoms with E-state index in [-0.39, 0.29) is 22.0 Å². The van der Waals surface area contributed by atoms with Gasteiger partial charge in [0.1, 0.15) is 13.1 Å². The van der Waals surface area contributed by atoms with Crippen LogP contribution < -0.4 is 10.5 Å². The smallest absolute Gasteiger partial charge is 0.257 e. The van der Waals surface area contributed by atoms with Crippen LogP contribution in [0.4, 0.5) is 29.2 Å². The van der Waals surface area contributed by atoms with Gasteiger partial charge in [0, 0.05) is 8.95 Å². The molecular weight excluding hydrogens is 683 g/mol. The van der Waals surface area contributed by atoms with Crippen molar-refractivity contribution in [2.45, 2.75) is 25.9 Å². The van der Waals surface area contributed by atoms with E-state index in [1.54, 1.807) is 18.2 Å². The number of hydrogen-bond acceptors (Lipinski definition) is 5. The molecule has 36 heavy (non-hydrogen) atoms. The molecule has 2 aromatic heterocycles. The van der Waals surface area contributed by atoms with Gasteiger partial charge in [-0.15, -0.1) is 0 Å². The molecule has 2 aromatic carbocycles. The lowest BCUT2D eigenvalue weighted by atomic mass is 10.2. The van der Waals surface area contributed by atoms with Gasteiger partial charge in [-0.3, -0.25) is 14.1 Å². The van der Waals surface area contributed by atoms with Crippen molar-refractivity contribution >= 4 is 98.5 Å². The van der Waals surface area contributed by atoms with Gasteiger partial charge in [0.2, 0.25) is 10.0 Å². The van der Waals surface area contributed by atoms with Crippen molar-refractivity contribution in [3.05, 3.63) is 43.3 Å². The standard InChI is InChI=1S/C10H9BrClF2N3O2S.C9H7BrClF2N3/c1-20(18,19)16-10-8-6(12)3-2-5(11)9(8)17(15-10)4-7(13)14;10-4-1-2-5(11)7-8(4)16(3-6(12)13)15-9(7)14/h2-3,7H,4H2,1H3,(H,15,16);1-2,6H,3H2,(H2,14,15). The molecule has 0 radical (unpaired) electrons. The number of fused-ring (bicyclic) bond motifs is 2. The van der Waals surface area contributed by atoms with Crippen molar-refractivity contribution in [2.75, 3.05) is 16.7 Å². The highest BCUT2D eigenvalue weighted by Gasteiger charge is 2.20. The summed E-state index contributed by atoms with van der Waals surface area (Å²) in [5.74, 6) is 0.0800. The number of benzene rings is 2. The predicted molar refractivity (Wildman–Crippen MR) is 140 cm³/mol. The molecule has 4 aromatic rings. The number of anilines is 2. The molecule has 0 aliphatic carbocycles. The second-order valence-electron chi connectivity index (χ2n) is 7.26. The molecule has 0 bridgehead atoms. The van der Waals surface area contributed by atoms with Gasteiger partial charge in [0.05, 0.1) is 38.1 Å². The van der Waals surface area contributed by atoms with Crippen molar-refractivity contribution < 1.29 is 26.0 Å². The number of rotatable bonds is 6. The van der Waals surface area contributed by atoms with Crippen molar-refractivity contribution in [1.82, 2.24) is 19.6 Å². The summed E-state index contributed by atoms with van der Waals surface area (Å²) in [6, 6.07) is 6.42. The molecular formula is C19H16Br2Cl2F4N6O2S. The minimum atomic E-state index is -3.60. The number of aromatic nitrogens is 4. The van der Waals surface area contributed by atoms with Crippen LogP contribution in [0.5, 0.6) is 0 Å². The number of nitrogens with two attached hydrogens (primary N) is 1. The molecule has 0 fully saturated rings. The first-order chi connectivity index (χ1) is 16.7. The highest BCUT2D eigenvalue weighted by molar-refractivity contribution is 9.11. The molecule has 8 nitrogen and oxygen atoms in total. The Kier molecular flexibility index (Phi) is 9.02. The van der Waals surface area contributed by atoms with E-state index in [2.05, 4.69) is 46.8 Å². The Hall–Kier alpha value is -1.81. The second kappa shape index (κ2) is 11.3. The van der Waals surface area contributed by atoms with Gasteiger partial charge in [-0.05, 0) is 56.1 Å². The molecule has 2 heterocycles. The van der Waals surface area contributed by atoms with Crippen LogP contribution >= 0.6 is 55.1 Å². The van der Waals surface area contributed by atoms with Crippen LogP contribution in [0.2, 0.25) is 10.0 Å². The zero-order chi connectivity index (χ0) is 26.9. The number of sulfonamides is 1. The summed E-state index contributed by atoms with van der Waals surface area (Å²) in [5.41, 5.74) is 6.44. The monoisotopic (exact) mass is 696 g/mol. The molecule has 0 aliphatic rings. The molecule has 3 N–H and O–H groups in total. The Morgan fingerprint density at radius 3 is 1.83 bits per heavy atom. The van der Waals surface area contributed by atoms with E-state index in [0.717, 1.165) is 15.6 Å². The van der Waals surface area contributed by atoms with Crippen LogP contribution in [0, 0.1) is 0 Å². The summed E-state index contributed by atoms with van der Waals surface area (Å²) in [6.45, 7) is -1.17. The maximum absolute atomic E-state index is 12.6. The van der Waals surface area contributed by atoms with Gasteiger partial charge in [-0.1, -0.05) is 23.2 Å². The van der Waals surface area contributed by atoms with Gasteiger partial charge in [0.25, 0.3) is 12.9 Å². The third-order valence-corrected chi connectivity index (χ3v) is 6.99. The summed E-state index contributed by atoms with van der Waals surface area (Å²) < 4.78 is 77.9.